The van der Waals surface area contributed by atoms with Gasteiger partial charge in [-0.25, -0.2) is 4.79 Å². The summed E-state index contributed by atoms with van der Waals surface area (Å²) in [7, 11) is 0. The van der Waals surface area contributed by atoms with Gasteiger partial charge in [-0.2, -0.15) is 0 Å². The van der Waals surface area contributed by atoms with Gasteiger partial charge in [0.2, 0.25) is 0 Å². The summed E-state index contributed by atoms with van der Waals surface area (Å²) in [4.78, 5) is 14.8. The van der Waals surface area contributed by atoms with Gasteiger partial charge in [0.25, 0.3) is 0 Å². The first-order chi connectivity index (χ1) is 12.5. The third kappa shape index (κ3) is 4.61. The predicted octanol–water partition coefficient (Wildman–Crippen LogP) is 5.49. The fraction of sp³-hybridized carbons (Fsp3) is 0.667. The van der Waals surface area contributed by atoms with Crippen molar-refractivity contribution in [2.24, 2.45) is 5.92 Å². The smallest absolute Gasteiger partial charge is 0.412 e. The first-order valence-electron chi connectivity index (χ1n) is 9.75. The van der Waals surface area contributed by atoms with E-state index in [1.807, 2.05) is 49.1 Å². The Labute approximate surface area is 165 Å². The lowest BCUT2D eigenvalue weighted by molar-refractivity contribution is -0.0658. The van der Waals surface area contributed by atoms with Crippen LogP contribution in [0, 0.1) is 5.92 Å². The lowest BCUT2D eigenvalue weighted by atomic mass is 9.83. The number of rotatable bonds is 5. The van der Waals surface area contributed by atoms with E-state index in [0.717, 1.165) is 17.3 Å². The predicted molar refractivity (Wildman–Crippen MR) is 106 cm³/mol. The van der Waals surface area contributed by atoms with E-state index in [4.69, 9.17) is 9.47 Å². The standard InChI is InChI=1S/C21H30BrNO3/c1-21(2)23(20(24)25-15-17-11-7-4-8-12-17)18(19(14-22)26-21)13-16-9-5-3-6-10-16/h4,7-8,11-12,16,18-19H,3,5-6,9-10,13-15H2,1-2H3/t18-,19+/m0/s1. The lowest BCUT2D eigenvalue weighted by Crippen LogP contribution is -2.49. The van der Waals surface area contributed by atoms with Gasteiger partial charge >= 0.3 is 6.09 Å². The van der Waals surface area contributed by atoms with Crippen LogP contribution in [0.4, 0.5) is 4.79 Å². The van der Waals surface area contributed by atoms with E-state index in [9.17, 15) is 4.79 Å². The van der Waals surface area contributed by atoms with Crippen LogP contribution in [0.2, 0.25) is 0 Å². The number of halogens is 1. The van der Waals surface area contributed by atoms with E-state index in [1.165, 1.54) is 32.1 Å². The van der Waals surface area contributed by atoms with Gasteiger partial charge < -0.3 is 9.47 Å². The molecule has 2 atom stereocenters. The summed E-state index contributed by atoms with van der Waals surface area (Å²) in [5.41, 5.74) is 0.352. The summed E-state index contributed by atoms with van der Waals surface area (Å²) in [6.45, 7) is 4.22. The maximum atomic E-state index is 13.0. The molecule has 0 aromatic heterocycles. The first-order valence-corrected chi connectivity index (χ1v) is 10.9. The van der Waals surface area contributed by atoms with Crippen molar-refractivity contribution in [3.63, 3.8) is 0 Å². The van der Waals surface area contributed by atoms with Crippen molar-refractivity contribution in [1.82, 2.24) is 4.90 Å². The minimum atomic E-state index is -0.647. The van der Waals surface area contributed by atoms with Crippen LogP contribution in [0.5, 0.6) is 0 Å². The maximum Gasteiger partial charge on any atom is 0.412 e. The third-order valence-electron chi connectivity index (χ3n) is 5.63. The fourth-order valence-corrected chi connectivity index (χ4v) is 4.94. The first kappa shape index (κ1) is 19.7. The zero-order valence-electron chi connectivity index (χ0n) is 15.8. The molecule has 1 amide bonds. The largest absolute Gasteiger partial charge is 0.444 e. The Hall–Kier alpha value is -1.07. The van der Waals surface area contributed by atoms with Gasteiger partial charge in [0, 0.05) is 5.33 Å². The van der Waals surface area contributed by atoms with Gasteiger partial charge in [-0.05, 0) is 31.7 Å². The molecule has 0 bridgehead atoms. The monoisotopic (exact) mass is 423 g/mol. The van der Waals surface area contributed by atoms with Gasteiger partial charge in [-0.1, -0.05) is 78.4 Å². The van der Waals surface area contributed by atoms with Crippen LogP contribution in [0.15, 0.2) is 30.3 Å². The molecule has 0 radical (unpaired) electrons. The number of ether oxygens (including phenoxy) is 2. The van der Waals surface area contributed by atoms with Crippen molar-refractivity contribution < 1.29 is 14.3 Å². The van der Waals surface area contributed by atoms with E-state index in [2.05, 4.69) is 15.9 Å². The highest BCUT2D eigenvalue weighted by Crippen LogP contribution is 2.39. The van der Waals surface area contributed by atoms with Crippen molar-refractivity contribution in [2.45, 2.75) is 76.9 Å². The molecular weight excluding hydrogens is 394 g/mol. The zero-order chi connectivity index (χ0) is 18.6. The van der Waals surface area contributed by atoms with Gasteiger partial charge in [-0.15, -0.1) is 0 Å². The van der Waals surface area contributed by atoms with Crippen LogP contribution in [-0.4, -0.2) is 34.2 Å². The molecule has 0 spiro atoms. The van der Waals surface area contributed by atoms with Crippen LogP contribution in [0.3, 0.4) is 0 Å². The highest BCUT2D eigenvalue weighted by atomic mass is 79.9. The van der Waals surface area contributed by atoms with Gasteiger partial charge in [0.05, 0.1) is 12.1 Å². The molecule has 5 heteroatoms. The Balaban J connectivity index is 1.70. The summed E-state index contributed by atoms with van der Waals surface area (Å²) in [6, 6.07) is 9.89. The second kappa shape index (κ2) is 8.75. The van der Waals surface area contributed by atoms with E-state index < -0.39 is 5.72 Å². The minimum Gasteiger partial charge on any atom is -0.444 e. The number of benzene rings is 1. The Morgan fingerprint density at radius 1 is 1.23 bits per heavy atom. The second-order valence-electron chi connectivity index (χ2n) is 7.97. The molecule has 2 aliphatic rings. The molecule has 1 saturated carbocycles. The number of hydrogen-bond acceptors (Lipinski definition) is 3. The molecule has 1 saturated heterocycles. The molecule has 0 unspecified atom stereocenters. The van der Waals surface area contributed by atoms with Crippen molar-refractivity contribution in [3.8, 4) is 0 Å². The zero-order valence-corrected chi connectivity index (χ0v) is 17.4. The van der Waals surface area contributed by atoms with Crippen LogP contribution in [0.25, 0.3) is 0 Å². The van der Waals surface area contributed by atoms with Crippen molar-refractivity contribution in [2.75, 3.05) is 5.33 Å². The van der Waals surface area contributed by atoms with Crippen molar-refractivity contribution in [1.29, 1.82) is 0 Å². The van der Waals surface area contributed by atoms with E-state index >= 15 is 0 Å². The normalized spacial score (nSPS) is 26.0. The molecule has 1 aromatic carbocycles. The molecule has 2 fully saturated rings. The summed E-state index contributed by atoms with van der Waals surface area (Å²) in [6.07, 6.45) is 7.21. The highest BCUT2D eigenvalue weighted by molar-refractivity contribution is 9.09. The van der Waals surface area contributed by atoms with Gasteiger partial charge in [0.1, 0.15) is 12.3 Å². The van der Waals surface area contributed by atoms with E-state index in [-0.39, 0.29) is 18.2 Å². The Morgan fingerprint density at radius 3 is 2.58 bits per heavy atom. The molecule has 3 rings (SSSR count). The molecule has 1 aromatic rings. The summed E-state index contributed by atoms with van der Waals surface area (Å²) >= 11 is 3.58. The average Bonchev–Trinajstić information content (AvgIpc) is 2.91. The van der Waals surface area contributed by atoms with Crippen LogP contribution < -0.4 is 0 Å². The molecule has 0 N–H and O–H groups in total. The molecule has 1 aliphatic heterocycles. The third-order valence-corrected chi connectivity index (χ3v) is 6.27. The number of carbonyl (C=O) groups excluding carboxylic acids is 1. The second-order valence-corrected chi connectivity index (χ2v) is 8.62. The molecule has 144 valence electrons. The van der Waals surface area contributed by atoms with Crippen LogP contribution in [0.1, 0.15) is 57.9 Å². The van der Waals surface area contributed by atoms with Crippen molar-refractivity contribution in [3.05, 3.63) is 35.9 Å². The van der Waals surface area contributed by atoms with Gasteiger partial charge in [0.15, 0.2) is 0 Å². The molecule has 4 nitrogen and oxygen atoms in total. The molecule has 1 aliphatic carbocycles. The maximum absolute atomic E-state index is 13.0. The highest BCUT2D eigenvalue weighted by Gasteiger charge is 2.50. The average molecular weight is 424 g/mol. The Morgan fingerprint density at radius 2 is 1.92 bits per heavy atom. The Kier molecular flexibility index (Phi) is 6.62. The number of carbonyl (C=O) groups is 1. The van der Waals surface area contributed by atoms with Crippen molar-refractivity contribution >= 4 is 22.0 Å². The Bertz CT molecular complexity index is 586. The minimum absolute atomic E-state index is 0.0104. The molecular formula is C21H30BrNO3. The topological polar surface area (TPSA) is 38.8 Å². The summed E-state index contributed by atoms with van der Waals surface area (Å²) in [5, 5.41) is 0.732. The number of alkyl halides is 1. The number of nitrogens with zero attached hydrogens (tertiary/aromatic N) is 1. The summed E-state index contributed by atoms with van der Waals surface area (Å²) < 4.78 is 11.9. The molecule has 1 heterocycles. The molecule has 26 heavy (non-hydrogen) atoms. The lowest BCUT2D eigenvalue weighted by Gasteiger charge is -2.35. The quantitative estimate of drug-likeness (QED) is 0.587. The van der Waals surface area contributed by atoms with E-state index in [1.54, 1.807) is 0 Å². The number of amides is 1. The van der Waals surface area contributed by atoms with Crippen LogP contribution >= 0.6 is 15.9 Å². The SMILES string of the molecule is CC1(C)O[C@H](CBr)[C@H](CC2CCCCC2)N1C(=O)OCc1ccccc1. The van der Waals surface area contributed by atoms with Crippen LogP contribution in [-0.2, 0) is 16.1 Å². The summed E-state index contributed by atoms with van der Waals surface area (Å²) in [5.74, 6) is 0.678. The number of hydrogen-bond donors (Lipinski definition) is 0. The van der Waals surface area contributed by atoms with E-state index in [0.29, 0.717) is 12.5 Å². The van der Waals surface area contributed by atoms with Gasteiger partial charge in [-0.3, -0.25) is 4.90 Å². The fourth-order valence-electron chi connectivity index (χ4n) is 4.37.